The zero-order chi connectivity index (χ0) is 15.1. The molecule has 1 aliphatic heterocycles. The van der Waals surface area contributed by atoms with Crippen molar-refractivity contribution in [3.05, 3.63) is 35.9 Å². The van der Waals surface area contributed by atoms with Crippen LogP contribution in [0.4, 0.5) is 0 Å². The number of benzene rings is 1. The van der Waals surface area contributed by atoms with Gasteiger partial charge < -0.3 is 4.74 Å². The lowest BCUT2D eigenvalue weighted by Crippen LogP contribution is -2.61. The molecule has 1 saturated heterocycles. The van der Waals surface area contributed by atoms with E-state index in [9.17, 15) is 0 Å². The number of hydrogen-bond donors (Lipinski definition) is 2. The summed E-state index contributed by atoms with van der Waals surface area (Å²) >= 11 is 0. The zero-order valence-corrected chi connectivity index (χ0v) is 13.3. The van der Waals surface area contributed by atoms with E-state index in [0.717, 1.165) is 45.6 Å². The van der Waals surface area contributed by atoms with Crippen LogP contribution in [0.5, 0.6) is 0 Å². The van der Waals surface area contributed by atoms with Gasteiger partial charge in [0.25, 0.3) is 0 Å². The number of morpholine rings is 1. The van der Waals surface area contributed by atoms with Crippen LogP contribution in [0.25, 0.3) is 0 Å². The molecule has 0 amide bonds. The Hall–Kier alpha value is -0.940. The minimum atomic E-state index is 0.0508. The van der Waals surface area contributed by atoms with Gasteiger partial charge in [0.1, 0.15) is 0 Å². The molecule has 1 aromatic carbocycles. The molecule has 3 N–H and O–H groups in total. The summed E-state index contributed by atoms with van der Waals surface area (Å²) in [6, 6.07) is 10.9. The molecule has 1 aliphatic rings. The molecule has 0 aromatic heterocycles. The van der Waals surface area contributed by atoms with Crippen LogP contribution in [0, 0.1) is 0 Å². The molecular formula is C17H29N3O. The Morgan fingerprint density at radius 1 is 1.24 bits per heavy atom. The Morgan fingerprint density at radius 3 is 2.52 bits per heavy atom. The maximum absolute atomic E-state index is 5.84. The number of aryl methyl sites for hydroxylation is 1. The Labute approximate surface area is 128 Å². The standard InChI is InChI=1S/C17H29N3O/c1-17(2,20-11-13-21-14-12-20)16(19-18)10-6-9-15-7-4-3-5-8-15/h3-5,7-8,16,19H,6,9-14,18H2,1-2H3. The van der Waals surface area contributed by atoms with Gasteiger partial charge in [-0.05, 0) is 38.7 Å². The van der Waals surface area contributed by atoms with Crippen LogP contribution in [0.15, 0.2) is 30.3 Å². The Morgan fingerprint density at radius 2 is 1.90 bits per heavy atom. The fourth-order valence-corrected chi connectivity index (χ4v) is 3.16. The molecule has 1 fully saturated rings. The summed E-state index contributed by atoms with van der Waals surface area (Å²) in [4.78, 5) is 2.49. The van der Waals surface area contributed by atoms with Gasteiger partial charge in [0.15, 0.2) is 0 Å². The smallest absolute Gasteiger partial charge is 0.0594 e. The topological polar surface area (TPSA) is 50.5 Å². The third-order valence-electron chi connectivity index (χ3n) is 4.68. The van der Waals surface area contributed by atoms with E-state index in [2.05, 4.69) is 54.5 Å². The van der Waals surface area contributed by atoms with Gasteiger partial charge in [-0.2, -0.15) is 0 Å². The fraction of sp³-hybridized carbons (Fsp3) is 0.647. The molecule has 0 radical (unpaired) electrons. The second-order valence-corrected chi connectivity index (χ2v) is 6.35. The lowest BCUT2D eigenvalue weighted by Gasteiger charge is -2.45. The van der Waals surface area contributed by atoms with Crippen molar-refractivity contribution >= 4 is 0 Å². The number of nitrogens with one attached hydrogen (secondary N) is 1. The molecule has 0 saturated carbocycles. The van der Waals surface area contributed by atoms with Crippen LogP contribution in [0.3, 0.4) is 0 Å². The molecule has 0 bridgehead atoms. The number of rotatable bonds is 7. The van der Waals surface area contributed by atoms with E-state index in [0.29, 0.717) is 6.04 Å². The minimum absolute atomic E-state index is 0.0508. The summed E-state index contributed by atoms with van der Waals surface area (Å²) in [5, 5.41) is 0. The lowest BCUT2D eigenvalue weighted by atomic mass is 9.88. The summed E-state index contributed by atoms with van der Waals surface area (Å²) < 4.78 is 5.45. The third-order valence-corrected chi connectivity index (χ3v) is 4.68. The third kappa shape index (κ3) is 4.51. The monoisotopic (exact) mass is 291 g/mol. The van der Waals surface area contributed by atoms with Crippen LogP contribution in [-0.4, -0.2) is 42.8 Å². The van der Waals surface area contributed by atoms with E-state index < -0.39 is 0 Å². The van der Waals surface area contributed by atoms with Crippen molar-refractivity contribution in [2.75, 3.05) is 26.3 Å². The highest BCUT2D eigenvalue weighted by Gasteiger charge is 2.35. The van der Waals surface area contributed by atoms with E-state index in [1.807, 2.05) is 0 Å². The first kappa shape index (κ1) is 16.4. The number of hydrogen-bond acceptors (Lipinski definition) is 4. The predicted octanol–water partition coefficient (Wildman–Crippen LogP) is 1.95. The number of ether oxygens (including phenoxy) is 1. The number of nitrogens with two attached hydrogens (primary N) is 1. The van der Waals surface area contributed by atoms with E-state index in [1.54, 1.807) is 0 Å². The SMILES string of the molecule is CC(C)(C(CCCc1ccccc1)NN)N1CCOCC1. The highest BCUT2D eigenvalue weighted by atomic mass is 16.5. The molecule has 4 heteroatoms. The quantitative estimate of drug-likeness (QED) is 0.595. The summed E-state index contributed by atoms with van der Waals surface area (Å²) in [7, 11) is 0. The highest BCUT2D eigenvalue weighted by Crippen LogP contribution is 2.23. The molecule has 0 spiro atoms. The van der Waals surface area contributed by atoms with E-state index in [4.69, 9.17) is 10.6 Å². The molecule has 1 atom stereocenters. The number of hydrazine groups is 1. The summed E-state index contributed by atoms with van der Waals surface area (Å²) in [5.41, 5.74) is 4.49. The van der Waals surface area contributed by atoms with Gasteiger partial charge >= 0.3 is 0 Å². The Balaban J connectivity index is 1.86. The maximum Gasteiger partial charge on any atom is 0.0594 e. The summed E-state index contributed by atoms with van der Waals surface area (Å²) in [6.07, 6.45) is 3.33. The van der Waals surface area contributed by atoms with Crippen LogP contribution in [-0.2, 0) is 11.2 Å². The highest BCUT2D eigenvalue weighted by molar-refractivity contribution is 5.14. The van der Waals surface area contributed by atoms with E-state index >= 15 is 0 Å². The Bertz CT molecular complexity index is 402. The van der Waals surface area contributed by atoms with Crippen molar-refractivity contribution in [1.82, 2.24) is 10.3 Å². The fourth-order valence-electron chi connectivity index (χ4n) is 3.16. The molecule has 0 aliphatic carbocycles. The van der Waals surface area contributed by atoms with Gasteiger partial charge in [-0.3, -0.25) is 16.2 Å². The average Bonchev–Trinajstić information content (AvgIpc) is 2.53. The summed E-state index contributed by atoms with van der Waals surface area (Å²) in [5.74, 6) is 5.84. The van der Waals surface area contributed by atoms with Crippen molar-refractivity contribution in [2.45, 2.75) is 44.7 Å². The van der Waals surface area contributed by atoms with Crippen LogP contribution >= 0.6 is 0 Å². The maximum atomic E-state index is 5.84. The van der Waals surface area contributed by atoms with Gasteiger partial charge in [-0.25, -0.2) is 0 Å². The zero-order valence-electron chi connectivity index (χ0n) is 13.3. The van der Waals surface area contributed by atoms with Gasteiger partial charge in [-0.1, -0.05) is 30.3 Å². The first-order valence-electron chi connectivity index (χ1n) is 7.97. The molecule has 1 aromatic rings. The Kier molecular flexibility index (Phi) is 6.18. The molecule has 1 unspecified atom stereocenters. The van der Waals surface area contributed by atoms with Crippen molar-refractivity contribution in [2.24, 2.45) is 5.84 Å². The molecule has 4 nitrogen and oxygen atoms in total. The molecule has 21 heavy (non-hydrogen) atoms. The van der Waals surface area contributed by atoms with Gasteiger partial charge in [0.05, 0.1) is 13.2 Å². The van der Waals surface area contributed by atoms with Crippen molar-refractivity contribution in [1.29, 1.82) is 0 Å². The lowest BCUT2D eigenvalue weighted by molar-refractivity contribution is -0.0246. The van der Waals surface area contributed by atoms with Crippen LogP contribution < -0.4 is 11.3 Å². The van der Waals surface area contributed by atoms with Crippen molar-refractivity contribution in [3.63, 3.8) is 0 Å². The molecule has 1 heterocycles. The van der Waals surface area contributed by atoms with E-state index in [-0.39, 0.29) is 5.54 Å². The first-order chi connectivity index (χ1) is 10.1. The summed E-state index contributed by atoms with van der Waals surface area (Å²) in [6.45, 7) is 8.19. The second-order valence-electron chi connectivity index (χ2n) is 6.35. The normalized spacial score (nSPS) is 18.6. The van der Waals surface area contributed by atoms with Gasteiger partial charge in [0.2, 0.25) is 0 Å². The van der Waals surface area contributed by atoms with Crippen LogP contribution in [0.2, 0.25) is 0 Å². The van der Waals surface area contributed by atoms with Gasteiger partial charge in [-0.15, -0.1) is 0 Å². The minimum Gasteiger partial charge on any atom is -0.379 e. The number of nitrogens with zero attached hydrogens (tertiary/aromatic N) is 1. The van der Waals surface area contributed by atoms with Crippen LogP contribution in [0.1, 0.15) is 32.3 Å². The van der Waals surface area contributed by atoms with Gasteiger partial charge in [0, 0.05) is 24.7 Å². The largest absolute Gasteiger partial charge is 0.379 e. The first-order valence-corrected chi connectivity index (χ1v) is 7.97. The molecular weight excluding hydrogens is 262 g/mol. The second kappa shape index (κ2) is 7.90. The predicted molar refractivity (Wildman–Crippen MR) is 87.0 cm³/mol. The van der Waals surface area contributed by atoms with E-state index in [1.165, 1.54) is 5.56 Å². The average molecular weight is 291 g/mol. The molecule has 118 valence electrons. The van der Waals surface area contributed by atoms with Crippen molar-refractivity contribution < 1.29 is 4.74 Å². The molecule has 2 rings (SSSR count). The van der Waals surface area contributed by atoms with Crippen molar-refractivity contribution in [3.8, 4) is 0 Å².